The van der Waals surface area contributed by atoms with Gasteiger partial charge in [-0.3, -0.25) is 19.9 Å². The summed E-state index contributed by atoms with van der Waals surface area (Å²) < 4.78 is 5.06. The Morgan fingerprint density at radius 3 is 2.74 bits per heavy atom. The van der Waals surface area contributed by atoms with Gasteiger partial charge in [0, 0.05) is 12.0 Å². The third-order valence-electron chi connectivity index (χ3n) is 3.29. The van der Waals surface area contributed by atoms with Crippen molar-refractivity contribution >= 4 is 11.8 Å². The second kappa shape index (κ2) is 5.81. The number of amides is 2. The van der Waals surface area contributed by atoms with Crippen LogP contribution < -0.4 is 17.0 Å². The Hall–Kier alpha value is -1.93. The lowest BCUT2D eigenvalue weighted by molar-refractivity contribution is -0.123. The predicted octanol–water partition coefficient (Wildman–Crippen LogP) is -1.02. The molecule has 0 spiro atoms. The van der Waals surface area contributed by atoms with Crippen molar-refractivity contribution in [3.05, 3.63) is 17.5 Å². The molecule has 0 atom stereocenters. The van der Waals surface area contributed by atoms with E-state index in [1.54, 1.807) is 6.07 Å². The molecule has 2 heterocycles. The van der Waals surface area contributed by atoms with Crippen LogP contribution >= 0.6 is 0 Å². The summed E-state index contributed by atoms with van der Waals surface area (Å²) in [5, 5.41) is 3.63. The third-order valence-corrected chi connectivity index (χ3v) is 3.29. The number of primary amides is 1. The number of nitrogens with zero attached hydrogens (tertiary/aromatic N) is 2. The first kappa shape index (κ1) is 13.5. The van der Waals surface area contributed by atoms with Crippen molar-refractivity contribution in [2.75, 3.05) is 13.1 Å². The van der Waals surface area contributed by atoms with E-state index in [1.165, 1.54) is 0 Å². The normalized spacial score (nSPS) is 17.3. The number of rotatable bonds is 4. The monoisotopic (exact) mass is 267 g/mol. The first-order valence-electron chi connectivity index (χ1n) is 6.08. The summed E-state index contributed by atoms with van der Waals surface area (Å²) in [6.45, 7) is 2.09. The SMILES string of the molecule is NNC(=O)c1cc(CN2CCC(C(N)=O)CC2)on1. The average molecular weight is 267 g/mol. The summed E-state index contributed by atoms with van der Waals surface area (Å²) in [5.41, 5.74) is 7.42. The second-order valence-corrected chi connectivity index (χ2v) is 4.60. The molecule has 0 unspecified atom stereocenters. The van der Waals surface area contributed by atoms with Crippen molar-refractivity contribution in [3.63, 3.8) is 0 Å². The molecule has 5 N–H and O–H groups in total. The van der Waals surface area contributed by atoms with E-state index in [1.807, 2.05) is 5.43 Å². The number of nitrogens with one attached hydrogen (secondary N) is 1. The number of piperidine rings is 1. The summed E-state index contributed by atoms with van der Waals surface area (Å²) in [4.78, 5) is 24.4. The lowest BCUT2D eigenvalue weighted by Gasteiger charge is -2.29. The first-order valence-corrected chi connectivity index (χ1v) is 6.08. The van der Waals surface area contributed by atoms with Gasteiger partial charge in [0.25, 0.3) is 5.91 Å². The molecule has 1 aromatic heterocycles. The van der Waals surface area contributed by atoms with E-state index in [0.29, 0.717) is 12.3 Å². The number of likely N-dealkylation sites (tertiary alicyclic amines) is 1. The van der Waals surface area contributed by atoms with Gasteiger partial charge in [-0.25, -0.2) is 5.84 Å². The van der Waals surface area contributed by atoms with E-state index in [0.717, 1.165) is 25.9 Å². The standard InChI is InChI=1S/C11H17N5O3/c12-10(17)7-1-3-16(4-2-7)6-8-5-9(15-19-8)11(18)14-13/h5,7H,1-4,6,13H2,(H2,12,17)(H,14,18). The van der Waals surface area contributed by atoms with Crippen molar-refractivity contribution < 1.29 is 14.1 Å². The van der Waals surface area contributed by atoms with Crippen LogP contribution in [0.5, 0.6) is 0 Å². The summed E-state index contributed by atoms with van der Waals surface area (Å²) in [7, 11) is 0. The maximum atomic E-state index is 11.2. The fraction of sp³-hybridized carbons (Fsp3) is 0.545. The van der Waals surface area contributed by atoms with Crippen molar-refractivity contribution in [2.45, 2.75) is 19.4 Å². The Bertz CT molecular complexity index is 465. The highest BCUT2D eigenvalue weighted by Gasteiger charge is 2.24. The lowest BCUT2D eigenvalue weighted by Crippen LogP contribution is -2.38. The lowest BCUT2D eigenvalue weighted by atomic mass is 9.96. The maximum Gasteiger partial charge on any atom is 0.287 e. The van der Waals surface area contributed by atoms with Gasteiger partial charge in [0.15, 0.2) is 11.5 Å². The minimum absolute atomic E-state index is 0.0374. The predicted molar refractivity (Wildman–Crippen MR) is 65.4 cm³/mol. The summed E-state index contributed by atoms with van der Waals surface area (Å²) in [6.07, 6.45) is 1.50. The molecule has 0 aromatic carbocycles. The highest BCUT2D eigenvalue weighted by Crippen LogP contribution is 2.18. The molecule has 2 amide bonds. The second-order valence-electron chi connectivity index (χ2n) is 4.60. The van der Waals surface area contributed by atoms with Crippen LogP contribution in [0.15, 0.2) is 10.6 Å². The zero-order valence-corrected chi connectivity index (χ0v) is 10.5. The molecule has 0 radical (unpaired) electrons. The van der Waals surface area contributed by atoms with Crippen LogP contribution in [0.2, 0.25) is 0 Å². The van der Waals surface area contributed by atoms with E-state index in [2.05, 4.69) is 10.1 Å². The summed E-state index contributed by atoms with van der Waals surface area (Å²) in [6, 6.07) is 1.56. The van der Waals surface area contributed by atoms with Crippen molar-refractivity contribution in [2.24, 2.45) is 17.5 Å². The highest BCUT2D eigenvalue weighted by atomic mass is 16.5. The molecular weight excluding hydrogens is 250 g/mol. The fourth-order valence-corrected chi connectivity index (χ4v) is 2.16. The number of nitrogen functional groups attached to an aromatic ring is 1. The summed E-state index contributed by atoms with van der Waals surface area (Å²) in [5.74, 6) is 4.84. The van der Waals surface area contributed by atoms with E-state index in [4.69, 9.17) is 16.1 Å². The van der Waals surface area contributed by atoms with Crippen LogP contribution in [-0.4, -0.2) is 35.0 Å². The Kier molecular flexibility index (Phi) is 4.13. The van der Waals surface area contributed by atoms with E-state index in [9.17, 15) is 9.59 Å². The van der Waals surface area contributed by atoms with Crippen LogP contribution in [0, 0.1) is 5.92 Å². The molecule has 19 heavy (non-hydrogen) atoms. The number of hydrogen-bond acceptors (Lipinski definition) is 6. The van der Waals surface area contributed by atoms with Gasteiger partial charge in [-0.05, 0) is 25.9 Å². The fourth-order valence-electron chi connectivity index (χ4n) is 2.16. The topological polar surface area (TPSA) is 127 Å². The van der Waals surface area contributed by atoms with E-state index >= 15 is 0 Å². The quantitative estimate of drug-likeness (QED) is 0.364. The van der Waals surface area contributed by atoms with Gasteiger partial charge in [0.05, 0.1) is 6.54 Å². The highest BCUT2D eigenvalue weighted by molar-refractivity contribution is 5.91. The molecule has 2 rings (SSSR count). The molecule has 1 aliphatic rings. The van der Waals surface area contributed by atoms with Gasteiger partial charge in [0.1, 0.15) is 0 Å². The van der Waals surface area contributed by atoms with Crippen molar-refractivity contribution in [1.82, 2.24) is 15.5 Å². The minimum Gasteiger partial charge on any atom is -0.369 e. The average Bonchev–Trinajstić information content (AvgIpc) is 2.87. The van der Waals surface area contributed by atoms with Crippen molar-refractivity contribution in [1.29, 1.82) is 0 Å². The Labute approximate surface area is 110 Å². The number of hydrogen-bond donors (Lipinski definition) is 3. The smallest absolute Gasteiger partial charge is 0.287 e. The van der Waals surface area contributed by atoms with Gasteiger partial charge in [-0.15, -0.1) is 0 Å². The molecule has 1 saturated heterocycles. The number of aromatic nitrogens is 1. The minimum atomic E-state index is -0.484. The summed E-state index contributed by atoms with van der Waals surface area (Å²) >= 11 is 0. The zero-order valence-electron chi connectivity index (χ0n) is 10.5. The van der Waals surface area contributed by atoms with Gasteiger partial charge in [-0.2, -0.15) is 0 Å². The Balaban J connectivity index is 1.87. The number of carbonyl (C=O) groups is 2. The molecule has 0 bridgehead atoms. The van der Waals surface area contributed by atoms with Crippen LogP contribution in [-0.2, 0) is 11.3 Å². The first-order chi connectivity index (χ1) is 9.10. The maximum absolute atomic E-state index is 11.2. The molecular formula is C11H17N5O3. The zero-order chi connectivity index (χ0) is 13.8. The largest absolute Gasteiger partial charge is 0.369 e. The molecule has 8 heteroatoms. The molecule has 1 aliphatic heterocycles. The number of carbonyl (C=O) groups excluding carboxylic acids is 2. The molecule has 1 aromatic rings. The van der Waals surface area contributed by atoms with Crippen LogP contribution in [0.3, 0.4) is 0 Å². The third kappa shape index (κ3) is 3.30. The van der Waals surface area contributed by atoms with Crippen molar-refractivity contribution in [3.8, 4) is 0 Å². The van der Waals surface area contributed by atoms with Gasteiger partial charge < -0.3 is 10.3 Å². The van der Waals surface area contributed by atoms with E-state index < -0.39 is 5.91 Å². The molecule has 1 fully saturated rings. The Morgan fingerprint density at radius 2 is 2.16 bits per heavy atom. The number of hydrazine groups is 1. The van der Waals surface area contributed by atoms with E-state index in [-0.39, 0.29) is 17.5 Å². The van der Waals surface area contributed by atoms with Gasteiger partial charge in [-0.1, -0.05) is 5.16 Å². The van der Waals surface area contributed by atoms with Crippen LogP contribution in [0.25, 0.3) is 0 Å². The molecule has 104 valence electrons. The number of nitrogens with two attached hydrogens (primary N) is 2. The van der Waals surface area contributed by atoms with Crippen LogP contribution in [0.1, 0.15) is 29.1 Å². The van der Waals surface area contributed by atoms with Gasteiger partial charge in [0.2, 0.25) is 5.91 Å². The molecule has 8 nitrogen and oxygen atoms in total. The van der Waals surface area contributed by atoms with Gasteiger partial charge >= 0.3 is 0 Å². The molecule has 0 saturated carbocycles. The Morgan fingerprint density at radius 1 is 1.47 bits per heavy atom. The molecule has 0 aliphatic carbocycles. The van der Waals surface area contributed by atoms with Crippen LogP contribution in [0.4, 0.5) is 0 Å².